The van der Waals surface area contributed by atoms with Gasteiger partial charge in [-0.1, -0.05) is 44.0 Å². The van der Waals surface area contributed by atoms with Crippen molar-refractivity contribution in [1.29, 1.82) is 0 Å². The van der Waals surface area contributed by atoms with Crippen molar-refractivity contribution in [3.05, 3.63) is 64.3 Å². The molecule has 38 heavy (non-hydrogen) atoms. The SMILES string of the molecule is Cc1cnc2cc(-c3ccc(-c4cc(C5=C(C6CCC(C)CC6)CN(C)CC5)c(C(=O)O)s4)cc3)nn2n1. The van der Waals surface area contributed by atoms with Crippen LogP contribution in [0.15, 0.2) is 48.2 Å². The minimum absolute atomic E-state index is 0.457. The number of aromatic nitrogens is 4. The molecule has 1 N–H and O–H groups in total. The van der Waals surface area contributed by atoms with Crippen LogP contribution in [0.5, 0.6) is 0 Å². The van der Waals surface area contributed by atoms with Gasteiger partial charge in [0.1, 0.15) is 4.88 Å². The molecule has 1 aliphatic heterocycles. The topological polar surface area (TPSA) is 83.6 Å². The van der Waals surface area contributed by atoms with E-state index in [-0.39, 0.29) is 0 Å². The van der Waals surface area contributed by atoms with Gasteiger partial charge in [0, 0.05) is 35.2 Å². The van der Waals surface area contributed by atoms with Crippen LogP contribution >= 0.6 is 11.3 Å². The molecule has 6 rings (SSSR count). The first-order valence-electron chi connectivity index (χ1n) is 13.4. The number of carboxylic acids is 1. The lowest BCUT2D eigenvalue weighted by molar-refractivity contribution is 0.0702. The van der Waals surface area contributed by atoms with Crippen molar-refractivity contribution in [2.75, 3.05) is 20.1 Å². The smallest absolute Gasteiger partial charge is 0.346 e. The number of carbonyl (C=O) groups is 1. The zero-order chi connectivity index (χ0) is 26.4. The quantitative estimate of drug-likeness (QED) is 0.321. The lowest BCUT2D eigenvalue weighted by Crippen LogP contribution is -2.31. The standard InChI is InChI=1S/C30H33N5O2S/c1-18-4-6-20(7-5-18)25-17-34(3)13-12-23(25)24-14-27(38-29(24)30(36)37)22-10-8-21(9-11-22)26-15-28-31-16-19(2)32-35(28)33-26/h8-11,14-16,18,20H,4-7,12-13,17H2,1-3H3,(H,36,37). The van der Waals surface area contributed by atoms with Crippen LogP contribution in [0.4, 0.5) is 0 Å². The van der Waals surface area contributed by atoms with E-state index in [4.69, 9.17) is 0 Å². The number of hydrogen-bond donors (Lipinski definition) is 1. The average Bonchev–Trinajstić information content (AvgIpc) is 3.54. The molecule has 1 aliphatic carbocycles. The first-order valence-corrected chi connectivity index (χ1v) is 14.3. The fraction of sp³-hybridized carbons (Fsp3) is 0.400. The summed E-state index contributed by atoms with van der Waals surface area (Å²) in [6.07, 6.45) is 7.58. The molecule has 3 aromatic heterocycles. The summed E-state index contributed by atoms with van der Waals surface area (Å²) in [5.74, 6) is 0.515. The number of carboxylic acid groups (broad SMARTS) is 1. The number of rotatable bonds is 5. The molecule has 0 saturated heterocycles. The van der Waals surface area contributed by atoms with E-state index < -0.39 is 5.97 Å². The molecule has 196 valence electrons. The maximum atomic E-state index is 12.4. The molecule has 0 spiro atoms. The third kappa shape index (κ3) is 4.78. The van der Waals surface area contributed by atoms with E-state index in [9.17, 15) is 9.90 Å². The molecule has 1 aromatic carbocycles. The molecule has 4 heterocycles. The van der Waals surface area contributed by atoms with E-state index >= 15 is 0 Å². The van der Waals surface area contributed by atoms with Crippen molar-refractivity contribution < 1.29 is 9.90 Å². The van der Waals surface area contributed by atoms with Crippen molar-refractivity contribution in [2.24, 2.45) is 11.8 Å². The highest BCUT2D eigenvalue weighted by Gasteiger charge is 2.30. The monoisotopic (exact) mass is 527 g/mol. The van der Waals surface area contributed by atoms with Gasteiger partial charge in [-0.3, -0.25) is 0 Å². The Morgan fingerprint density at radius 3 is 2.53 bits per heavy atom. The Kier molecular flexibility index (Phi) is 6.61. The van der Waals surface area contributed by atoms with Gasteiger partial charge in [-0.2, -0.15) is 5.10 Å². The van der Waals surface area contributed by atoms with Gasteiger partial charge in [0.25, 0.3) is 0 Å². The van der Waals surface area contributed by atoms with Gasteiger partial charge in [0.2, 0.25) is 0 Å². The van der Waals surface area contributed by atoms with Crippen molar-refractivity contribution >= 4 is 28.5 Å². The van der Waals surface area contributed by atoms with Crippen molar-refractivity contribution in [1.82, 2.24) is 24.7 Å². The molecule has 2 aliphatic rings. The van der Waals surface area contributed by atoms with Crippen LogP contribution in [0.1, 0.15) is 60.0 Å². The normalized spacial score (nSPS) is 20.8. The lowest BCUT2D eigenvalue weighted by atomic mass is 9.75. The summed E-state index contributed by atoms with van der Waals surface area (Å²) in [5.41, 5.74) is 7.99. The summed E-state index contributed by atoms with van der Waals surface area (Å²) >= 11 is 1.38. The molecule has 0 unspecified atom stereocenters. The highest BCUT2D eigenvalue weighted by molar-refractivity contribution is 7.17. The van der Waals surface area contributed by atoms with Crippen LogP contribution in [0.2, 0.25) is 0 Å². The van der Waals surface area contributed by atoms with Gasteiger partial charge in [-0.25, -0.2) is 9.78 Å². The number of aryl methyl sites for hydroxylation is 1. The predicted octanol–water partition coefficient (Wildman–Crippen LogP) is 6.44. The molecule has 8 heteroatoms. The molecule has 4 aromatic rings. The van der Waals surface area contributed by atoms with E-state index in [2.05, 4.69) is 52.3 Å². The second-order valence-electron chi connectivity index (χ2n) is 11.0. The summed E-state index contributed by atoms with van der Waals surface area (Å²) in [6.45, 7) is 6.14. The van der Waals surface area contributed by atoms with Crippen LogP contribution in [0, 0.1) is 18.8 Å². The second-order valence-corrected chi connectivity index (χ2v) is 12.0. The van der Waals surface area contributed by atoms with E-state index in [0.29, 0.717) is 16.4 Å². The maximum Gasteiger partial charge on any atom is 0.346 e. The maximum absolute atomic E-state index is 12.4. The van der Waals surface area contributed by atoms with Crippen LogP contribution in [-0.4, -0.2) is 55.9 Å². The summed E-state index contributed by atoms with van der Waals surface area (Å²) in [4.78, 5) is 20.6. The molecular formula is C30H33N5O2S. The van der Waals surface area contributed by atoms with Gasteiger partial charge in [0.05, 0.1) is 17.6 Å². The Labute approximate surface area is 226 Å². The summed E-state index contributed by atoms with van der Waals surface area (Å²) in [6, 6.07) is 12.2. The summed E-state index contributed by atoms with van der Waals surface area (Å²) in [5, 5.41) is 19.1. The Balaban J connectivity index is 1.35. The molecule has 1 fully saturated rings. The molecule has 0 atom stereocenters. The lowest BCUT2D eigenvalue weighted by Gasteiger charge is -2.35. The number of fused-ring (bicyclic) bond motifs is 1. The minimum Gasteiger partial charge on any atom is -0.477 e. The van der Waals surface area contributed by atoms with Gasteiger partial charge >= 0.3 is 5.97 Å². The number of benzene rings is 1. The van der Waals surface area contributed by atoms with Crippen LogP contribution in [0.25, 0.3) is 32.9 Å². The van der Waals surface area contributed by atoms with Crippen molar-refractivity contribution in [2.45, 2.75) is 46.0 Å². The zero-order valence-corrected chi connectivity index (χ0v) is 23.0. The first kappa shape index (κ1) is 24.9. The van der Waals surface area contributed by atoms with Gasteiger partial charge in [-0.15, -0.1) is 21.1 Å². The number of nitrogens with zero attached hydrogens (tertiary/aromatic N) is 5. The highest BCUT2D eigenvalue weighted by Crippen LogP contribution is 2.43. The van der Waals surface area contributed by atoms with E-state index in [1.54, 1.807) is 10.8 Å². The Morgan fingerprint density at radius 1 is 1.05 bits per heavy atom. The molecule has 0 amide bonds. The second kappa shape index (κ2) is 10.1. The van der Waals surface area contributed by atoms with Crippen molar-refractivity contribution in [3.8, 4) is 21.7 Å². The largest absolute Gasteiger partial charge is 0.477 e. The number of aromatic carboxylic acids is 1. The van der Waals surface area contributed by atoms with E-state index in [1.807, 2.05) is 25.1 Å². The van der Waals surface area contributed by atoms with E-state index in [1.165, 1.54) is 48.2 Å². The minimum atomic E-state index is -0.837. The highest BCUT2D eigenvalue weighted by atomic mass is 32.1. The van der Waals surface area contributed by atoms with Gasteiger partial charge in [0.15, 0.2) is 5.65 Å². The molecule has 0 bridgehead atoms. The Hall–Kier alpha value is -3.36. The summed E-state index contributed by atoms with van der Waals surface area (Å²) in [7, 11) is 2.18. The fourth-order valence-corrected chi connectivity index (χ4v) is 6.97. The average molecular weight is 528 g/mol. The molecule has 1 saturated carbocycles. The number of hydrogen-bond acceptors (Lipinski definition) is 6. The number of thiophene rings is 1. The van der Waals surface area contributed by atoms with Gasteiger partial charge < -0.3 is 10.0 Å². The fourth-order valence-electron chi connectivity index (χ4n) is 5.94. The van der Waals surface area contributed by atoms with Crippen LogP contribution in [-0.2, 0) is 0 Å². The first-order chi connectivity index (χ1) is 18.4. The van der Waals surface area contributed by atoms with Crippen LogP contribution in [0.3, 0.4) is 0 Å². The third-order valence-electron chi connectivity index (χ3n) is 8.11. The molecular weight excluding hydrogens is 494 g/mol. The Morgan fingerprint density at radius 2 is 1.79 bits per heavy atom. The molecule has 7 nitrogen and oxygen atoms in total. The van der Waals surface area contributed by atoms with Crippen LogP contribution < -0.4 is 0 Å². The predicted molar refractivity (Wildman–Crippen MR) is 151 cm³/mol. The Bertz CT molecular complexity index is 1530. The van der Waals surface area contributed by atoms with Gasteiger partial charge in [-0.05, 0) is 67.8 Å². The zero-order valence-electron chi connectivity index (χ0n) is 22.1. The summed E-state index contributed by atoms with van der Waals surface area (Å²) < 4.78 is 1.56. The number of likely N-dealkylation sites (N-methyl/N-ethyl adjacent to an activating group) is 1. The molecule has 0 radical (unpaired) electrons. The van der Waals surface area contributed by atoms with Crippen molar-refractivity contribution in [3.63, 3.8) is 0 Å². The van der Waals surface area contributed by atoms with E-state index in [0.717, 1.165) is 58.4 Å². The third-order valence-corrected chi connectivity index (χ3v) is 9.28.